The summed E-state index contributed by atoms with van der Waals surface area (Å²) in [5.41, 5.74) is 35.1. The van der Waals surface area contributed by atoms with Crippen LogP contribution in [0.3, 0.4) is 0 Å². The van der Waals surface area contributed by atoms with Crippen molar-refractivity contribution in [3.8, 4) is 0 Å². The number of nitrogens with one attached hydrogen (secondary N) is 2. The Labute approximate surface area is 262 Å². The van der Waals surface area contributed by atoms with Gasteiger partial charge < -0.3 is 79.5 Å². The van der Waals surface area contributed by atoms with Crippen LogP contribution < -0.4 is 45.0 Å². The summed E-state index contributed by atoms with van der Waals surface area (Å²) in [5, 5.41) is 47.2. The number of ether oxygens (including phenoxy) is 2. The van der Waals surface area contributed by atoms with E-state index in [1.807, 2.05) is 0 Å². The highest BCUT2D eigenvalue weighted by Gasteiger charge is 2.48. The molecule has 0 spiro atoms. The predicted octanol–water partition coefficient (Wildman–Crippen LogP) is -7.00. The number of hydrogen-bond donors (Lipinski definition) is 12. The van der Waals surface area contributed by atoms with Crippen LogP contribution in [0.25, 0.3) is 11.2 Å². The number of aliphatic imine (C=N–C) groups is 1. The van der Waals surface area contributed by atoms with E-state index in [4.69, 9.17) is 43.9 Å². The van der Waals surface area contributed by atoms with E-state index in [0.29, 0.717) is 17.6 Å². The topological polar surface area (TPSA) is 370 Å². The van der Waals surface area contributed by atoms with Gasteiger partial charge in [-0.15, -0.1) is 0 Å². The minimum absolute atomic E-state index is 0.128. The molecule has 2 aromatic rings. The molecule has 0 radical (unpaired) electrons. The van der Waals surface area contributed by atoms with Gasteiger partial charge in [0.05, 0.1) is 18.5 Å². The number of carbonyl (C=O) groups is 2. The standard InChI is InChI=1S/C25H43N13O8/c26-9-4-10(27)20(19(43)16(9)40)46-24-14(28)18(42)17(41)12(45-24)5-33-23(44)11(2-1-3-32-25(30)31)37-13(39)6-38-8-36-15-21(29)34-7-35-22(15)38/h7-12,14,16-20,24,40-43H,1-6,26-28H2,(H,33,44)(H,37,39)(H2,29,34,35)(H4,30,31,32)/t9-,10+,11?,12-,14-,16+,17-,18-,19-,20?,24-/m1/s1. The molecule has 0 aromatic carbocycles. The zero-order valence-electron chi connectivity index (χ0n) is 24.9. The molecule has 18 N–H and O–H groups in total. The number of anilines is 1. The second kappa shape index (κ2) is 15.2. The zero-order valence-corrected chi connectivity index (χ0v) is 24.9. The molecule has 2 aliphatic rings. The van der Waals surface area contributed by atoms with Crippen molar-refractivity contribution < 1.29 is 39.5 Å². The van der Waals surface area contributed by atoms with Crippen LogP contribution in [0, 0.1) is 0 Å². The summed E-state index contributed by atoms with van der Waals surface area (Å²) >= 11 is 0. The van der Waals surface area contributed by atoms with Crippen LogP contribution >= 0.6 is 0 Å². The first kappa shape index (κ1) is 35.1. The van der Waals surface area contributed by atoms with Gasteiger partial charge in [0.2, 0.25) is 11.8 Å². The smallest absolute Gasteiger partial charge is 0.242 e. The fourth-order valence-corrected chi connectivity index (χ4v) is 5.37. The van der Waals surface area contributed by atoms with Crippen molar-refractivity contribution in [1.29, 1.82) is 0 Å². The predicted molar refractivity (Wildman–Crippen MR) is 161 cm³/mol. The van der Waals surface area contributed by atoms with Crippen molar-refractivity contribution in [1.82, 2.24) is 30.2 Å². The average molecular weight is 654 g/mol. The molecule has 4 rings (SSSR count). The van der Waals surface area contributed by atoms with Crippen molar-refractivity contribution in [3.63, 3.8) is 0 Å². The number of rotatable bonds is 12. The highest BCUT2D eigenvalue weighted by atomic mass is 16.7. The number of aromatic nitrogens is 4. The Morgan fingerprint density at radius 1 is 1.07 bits per heavy atom. The molecule has 1 aliphatic heterocycles. The molecule has 11 atom stereocenters. The minimum Gasteiger partial charge on any atom is -0.389 e. The summed E-state index contributed by atoms with van der Waals surface area (Å²) in [5.74, 6) is -1.17. The van der Waals surface area contributed by atoms with Crippen molar-refractivity contribution in [2.24, 2.45) is 33.7 Å². The molecule has 2 amide bonds. The first-order chi connectivity index (χ1) is 21.8. The van der Waals surface area contributed by atoms with Crippen molar-refractivity contribution in [2.45, 2.75) is 92.9 Å². The Bertz CT molecular complexity index is 1380. The van der Waals surface area contributed by atoms with E-state index in [2.05, 4.69) is 30.6 Å². The van der Waals surface area contributed by atoms with Crippen LogP contribution in [0.4, 0.5) is 5.82 Å². The normalized spacial score (nSPS) is 32.1. The second-order valence-electron chi connectivity index (χ2n) is 11.4. The van der Waals surface area contributed by atoms with Gasteiger partial charge in [0, 0.05) is 25.2 Å². The average Bonchev–Trinajstić information content (AvgIpc) is 3.42. The van der Waals surface area contributed by atoms with Gasteiger partial charge in [-0.25, -0.2) is 15.0 Å². The first-order valence-corrected chi connectivity index (χ1v) is 14.6. The van der Waals surface area contributed by atoms with Crippen molar-refractivity contribution in [2.75, 3.05) is 18.8 Å². The summed E-state index contributed by atoms with van der Waals surface area (Å²) in [6, 6.07) is -3.91. The van der Waals surface area contributed by atoms with E-state index < -0.39 is 78.9 Å². The van der Waals surface area contributed by atoms with Crippen LogP contribution in [-0.2, 0) is 25.6 Å². The molecule has 2 fully saturated rings. The van der Waals surface area contributed by atoms with Gasteiger partial charge in [-0.3, -0.25) is 14.6 Å². The van der Waals surface area contributed by atoms with E-state index in [9.17, 15) is 30.0 Å². The molecule has 0 bridgehead atoms. The fraction of sp³-hybridized carbons (Fsp3) is 0.680. The lowest BCUT2D eigenvalue weighted by Crippen LogP contribution is -2.67. The molecule has 1 saturated heterocycles. The van der Waals surface area contributed by atoms with Crippen molar-refractivity contribution >= 4 is 34.8 Å². The van der Waals surface area contributed by atoms with Gasteiger partial charge >= 0.3 is 0 Å². The van der Waals surface area contributed by atoms with Gasteiger partial charge in [0.25, 0.3) is 0 Å². The Kier molecular flexibility index (Phi) is 11.6. The van der Waals surface area contributed by atoms with E-state index in [-0.39, 0.29) is 44.3 Å². The lowest BCUT2D eigenvalue weighted by molar-refractivity contribution is -0.288. The maximum absolute atomic E-state index is 13.3. The summed E-state index contributed by atoms with van der Waals surface area (Å²) < 4.78 is 13.0. The Balaban J connectivity index is 1.40. The van der Waals surface area contributed by atoms with E-state index in [1.54, 1.807) is 0 Å². The highest BCUT2D eigenvalue weighted by Crippen LogP contribution is 2.27. The van der Waals surface area contributed by atoms with Gasteiger partial charge in [0.1, 0.15) is 55.0 Å². The lowest BCUT2D eigenvalue weighted by Gasteiger charge is -2.46. The Morgan fingerprint density at radius 2 is 1.80 bits per heavy atom. The van der Waals surface area contributed by atoms with Gasteiger partial charge in [-0.2, -0.15) is 0 Å². The molecule has 2 aromatic heterocycles. The molecule has 256 valence electrons. The van der Waals surface area contributed by atoms with Crippen LogP contribution in [0.15, 0.2) is 17.6 Å². The second-order valence-corrected chi connectivity index (χ2v) is 11.4. The van der Waals surface area contributed by atoms with Crippen LogP contribution in [0.2, 0.25) is 0 Å². The molecule has 3 heterocycles. The molecule has 21 heteroatoms. The third-order valence-electron chi connectivity index (χ3n) is 7.95. The monoisotopic (exact) mass is 653 g/mol. The SMILES string of the molecule is NC(N)=NCCCC(NC(=O)Cn1cnc2c(N)ncnc21)C(=O)NC[C@H]1O[C@H](OC2[C@@H](N)C[C@@H](N)[C@H](O)[C@H]2O)[C@H](N)[C@@H](O)[C@@H]1O. The van der Waals surface area contributed by atoms with Gasteiger partial charge in [-0.1, -0.05) is 0 Å². The number of amides is 2. The number of fused-ring (bicyclic) bond motifs is 1. The van der Waals surface area contributed by atoms with Crippen molar-refractivity contribution in [3.05, 3.63) is 12.7 Å². The number of carbonyl (C=O) groups excluding carboxylic acids is 2. The Hall–Kier alpha value is -3.80. The third-order valence-corrected chi connectivity index (χ3v) is 7.95. The first-order valence-electron chi connectivity index (χ1n) is 14.6. The molecule has 2 unspecified atom stereocenters. The maximum atomic E-state index is 13.3. The molecular weight excluding hydrogens is 610 g/mol. The Morgan fingerprint density at radius 3 is 2.52 bits per heavy atom. The van der Waals surface area contributed by atoms with Crippen LogP contribution in [-0.4, -0.2) is 138 Å². The van der Waals surface area contributed by atoms with E-state index in [1.165, 1.54) is 17.2 Å². The van der Waals surface area contributed by atoms with Gasteiger partial charge in [0.15, 0.2) is 23.7 Å². The summed E-state index contributed by atoms with van der Waals surface area (Å²) in [7, 11) is 0. The van der Waals surface area contributed by atoms with E-state index in [0.717, 1.165) is 0 Å². The van der Waals surface area contributed by atoms with Crippen LogP contribution in [0.1, 0.15) is 19.3 Å². The molecule has 21 nitrogen and oxygen atoms in total. The summed E-state index contributed by atoms with van der Waals surface area (Å²) in [4.78, 5) is 42.3. The number of nitrogens with two attached hydrogens (primary N) is 6. The quantitative estimate of drug-likeness (QED) is 0.0575. The van der Waals surface area contributed by atoms with Crippen LogP contribution in [0.5, 0.6) is 0 Å². The lowest BCUT2D eigenvalue weighted by atomic mass is 9.84. The summed E-state index contributed by atoms with van der Waals surface area (Å²) in [6.07, 6.45) is -6.47. The van der Waals surface area contributed by atoms with Gasteiger partial charge in [-0.05, 0) is 19.3 Å². The third kappa shape index (κ3) is 8.12. The number of guanidine groups is 1. The number of nitrogens with zero attached hydrogens (tertiary/aromatic N) is 5. The zero-order chi connectivity index (χ0) is 33.7. The number of aliphatic hydroxyl groups excluding tert-OH is 4. The van der Waals surface area contributed by atoms with E-state index >= 15 is 0 Å². The number of nitrogen functional groups attached to an aromatic ring is 1. The highest BCUT2D eigenvalue weighted by molar-refractivity contribution is 5.88. The number of hydrogen-bond acceptors (Lipinski definition) is 16. The maximum Gasteiger partial charge on any atom is 0.242 e. The number of aliphatic hydroxyl groups is 4. The molecular formula is C25H43N13O8. The summed E-state index contributed by atoms with van der Waals surface area (Å²) in [6.45, 7) is -0.390. The minimum atomic E-state index is -1.55. The largest absolute Gasteiger partial charge is 0.389 e. The fourth-order valence-electron chi connectivity index (χ4n) is 5.37. The molecule has 1 aliphatic carbocycles. The molecule has 1 saturated carbocycles. The number of imidazole rings is 1. The molecule has 46 heavy (non-hydrogen) atoms.